The van der Waals surface area contributed by atoms with Crippen molar-refractivity contribution >= 4 is 11.0 Å². The summed E-state index contributed by atoms with van der Waals surface area (Å²) in [5.41, 5.74) is 0.678. The van der Waals surface area contributed by atoms with Crippen LogP contribution >= 0.6 is 0 Å². The zero-order valence-corrected chi connectivity index (χ0v) is 11.1. The topological polar surface area (TPSA) is 39.4 Å². The third-order valence-electron chi connectivity index (χ3n) is 3.96. The van der Waals surface area contributed by atoms with Gasteiger partial charge in [0.15, 0.2) is 5.43 Å². The Kier molecular flexibility index (Phi) is 3.28. The molecule has 3 rings (SSSR count). The minimum atomic E-state index is 0.0458. The molecule has 1 fully saturated rings. The molecule has 1 heterocycles. The summed E-state index contributed by atoms with van der Waals surface area (Å²) >= 11 is 0. The summed E-state index contributed by atoms with van der Waals surface area (Å²) in [4.78, 5) is 12.1. The minimum absolute atomic E-state index is 0.0458. The number of ether oxygens (including phenoxy) is 1. The van der Waals surface area contributed by atoms with E-state index in [0.717, 1.165) is 24.4 Å². The molecule has 3 heteroatoms. The standard InChI is InChI=1S/C16H18O3/c1-18-12-7-8-13-14(17)10-15(19-16(13)9-12)11-5-3-2-4-6-11/h7-11H,2-6H2,1H3. The van der Waals surface area contributed by atoms with E-state index in [2.05, 4.69) is 0 Å². The van der Waals surface area contributed by atoms with E-state index < -0.39 is 0 Å². The summed E-state index contributed by atoms with van der Waals surface area (Å²) in [6.07, 6.45) is 5.99. The van der Waals surface area contributed by atoms with E-state index in [-0.39, 0.29) is 5.43 Å². The molecule has 0 aliphatic heterocycles. The van der Waals surface area contributed by atoms with Gasteiger partial charge >= 0.3 is 0 Å². The fraction of sp³-hybridized carbons (Fsp3) is 0.438. The third-order valence-corrected chi connectivity index (χ3v) is 3.96. The lowest BCUT2D eigenvalue weighted by atomic mass is 9.87. The van der Waals surface area contributed by atoms with Crippen LogP contribution in [0.1, 0.15) is 43.8 Å². The molecule has 0 unspecified atom stereocenters. The fourth-order valence-corrected chi connectivity index (χ4v) is 2.87. The first kappa shape index (κ1) is 12.3. The van der Waals surface area contributed by atoms with Crippen molar-refractivity contribution in [3.05, 3.63) is 40.2 Å². The van der Waals surface area contributed by atoms with Gasteiger partial charge in [-0.3, -0.25) is 4.79 Å². The lowest BCUT2D eigenvalue weighted by molar-refractivity contribution is 0.379. The van der Waals surface area contributed by atoms with Crippen molar-refractivity contribution in [3.8, 4) is 5.75 Å². The monoisotopic (exact) mass is 258 g/mol. The summed E-state index contributed by atoms with van der Waals surface area (Å²) in [5.74, 6) is 1.96. The molecule has 0 spiro atoms. The molecule has 100 valence electrons. The normalized spacial score (nSPS) is 16.7. The Morgan fingerprint density at radius 3 is 2.68 bits per heavy atom. The maximum Gasteiger partial charge on any atom is 0.192 e. The van der Waals surface area contributed by atoms with E-state index in [1.165, 1.54) is 19.3 Å². The van der Waals surface area contributed by atoms with Crippen LogP contribution in [0.4, 0.5) is 0 Å². The second-order valence-corrected chi connectivity index (χ2v) is 5.21. The lowest BCUT2D eigenvalue weighted by Crippen LogP contribution is -2.09. The zero-order valence-electron chi connectivity index (χ0n) is 11.1. The van der Waals surface area contributed by atoms with Gasteiger partial charge in [0.25, 0.3) is 0 Å². The molecule has 0 bridgehead atoms. The molecule has 0 atom stereocenters. The number of fused-ring (bicyclic) bond motifs is 1. The van der Waals surface area contributed by atoms with Gasteiger partial charge < -0.3 is 9.15 Å². The van der Waals surface area contributed by atoms with Gasteiger partial charge in [-0.1, -0.05) is 19.3 Å². The summed E-state index contributed by atoms with van der Waals surface area (Å²) in [6, 6.07) is 7.03. The number of hydrogen-bond acceptors (Lipinski definition) is 3. The molecule has 0 amide bonds. The van der Waals surface area contributed by atoms with Gasteiger partial charge in [0.1, 0.15) is 17.1 Å². The number of benzene rings is 1. The highest BCUT2D eigenvalue weighted by Gasteiger charge is 2.19. The van der Waals surface area contributed by atoms with E-state index >= 15 is 0 Å². The molecule has 3 nitrogen and oxygen atoms in total. The quantitative estimate of drug-likeness (QED) is 0.821. The number of hydrogen-bond donors (Lipinski definition) is 0. The van der Waals surface area contributed by atoms with Crippen molar-refractivity contribution in [2.24, 2.45) is 0 Å². The first-order valence-corrected chi connectivity index (χ1v) is 6.90. The smallest absolute Gasteiger partial charge is 0.192 e. The molecule has 19 heavy (non-hydrogen) atoms. The predicted molar refractivity (Wildman–Crippen MR) is 74.9 cm³/mol. The van der Waals surface area contributed by atoms with E-state index in [9.17, 15) is 4.79 Å². The molecule has 1 aromatic heterocycles. The van der Waals surface area contributed by atoms with Crippen LogP contribution < -0.4 is 10.2 Å². The molecule has 0 radical (unpaired) electrons. The Hall–Kier alpha value is -1.77. The first-order valence-electron chi connectivity index (χ1n) is 6.90. The molecule has 0 saturated heterocycles. The van der Waals surface area contributed by atoms with Gasteiger partial charge in [0, 0.05) is 18.1 Å². The summed E-state index contributed by atoms with van der Waals surface area (Å²) < 4.78 is 11.1. The number of rotatable bonds is 2. The molecule has 1 aliphatic carbocycles. The molecule has 1 aliphatic rings. The highest BCUT2D eigenvalue weighted by atomic mass is 16.5. The van der Waals surface area contributed by atoms with Gasteiger partial charge in [0.05, 0.1) is 12.5 Å². The SMILES string of the molecule is COc1ccc2c(=O)cc(C3CCCCC3)oc2c1. The maximum atomic E-state index is 12.1. The fourth-order valence-electron chi connectivity index (χ4n) is 2.87. The third kappa shape index (κ3) is 2.37. The highest BCUT2D eigenvalue weighted by molar-refractivity contribution is 5.78. The lowest BCUT2D eigenvalue weighted by Gasteiger charge is -2.20. The van der Waals surface area contributed by atoms with Gasteiger partial charge in [-0.05, 0) is 25.0 Å². The van der Waals surface area contributed by atoms with Gasteiger partial charge in [-0.25, -0.2) is 0 Å². The van der Waals surface area contributed by atoms with Crippen LogP contribution in [0, 0.1) is 0 Å². The predicted octanol–water partition coefficient (Wildman–Crippen LogP) is 3.85. The highest BCUT2D eigenvalue weighted by Crippen LogP contribution is 2.33. The minimum Gasteiger partial charge on any atom is -0.497 e. The molecular weight excluding hydrogens is 240 g/mol. The Balaban J connectivity index is 2.08. The van der Waals surface area contributed by atoms with Crippen molar-refractivity contribution in [3.63, 3.8) is 0 Å². The zero-order chi connectivity index (χ0) is 13.2. The Morgan fingerprint density at radius 2 is 1.95 bits per heavy atom. The van der Waals surface area contributed by atoms with Crippen molar-refractivity contribution in [1.29, 1.82) is 0 Å². The van der Waals surface area contributed by atoms with Gasteiger partial charge in [-0.15, -0.1) is 0 Å². The van der Waals surface area contributed by atoms with E-state index in [0.29, 0.717) is 16.9 Å². The van der Waals surface area contributed by atoms with Crippen LogP contribution in [-0.4, -0.2) is 7.11 Å². The Morgan fingerprint density at radius 1 is 1.16 bits per heavy atom. The molecule has 1 aromatic carbocycles. The summed E-state index contributed by atoms with van der Waals surface area (Å²) in [6.45, 7) is 0. The summed E-state index contributed by atoms with van der Waals surface area (Å²) in [7, 11) is 1.62. The van der Waals surface area contributed by atoms with E-state index in [4.69, 9.17) is 9.15 Å². The average molecular weight is 258 g/mol. The molecule has 2 aromatic rings. The van der Waals surface area contributed by atoms with Crippen molar-refractivity contribution in [2.45, 2.75) is 38.0 Å². The van der Waals surface area contributed by atoms with Crippen LogP contribution in [0.5, 0.6) is 5.75 Å². The van der Waals surface area contributed by atoms with E-state index in [1.807, 2.05) is 0 Å². The van der Waals surface area contributed by atoms with Crippen molar-refractivity contribution < 1.29 is 9.15 Å². The maximum absolute atomic E-state index is 12.1. The van der Waals surface area contributed by atoms with Gasteiger partial charge in [0.2, 0.25) is 0 Å². The second-order valence-electron chi connectivity index (χ2n) is 5.21. The van der Waals surface area contributed by atoms with Crippen LogP contribution in [0.3, 0.4) is 0 Å². The number of methoxy groups -OCH3 is 1. The van der Waals surface area contributed by atoms with Crippen molar-refractivity contribution in [1.82, 2.24) is 0 Å². The van der Waals surface area contributed by atoms with Crippen LogP contribution in [0.2, 0.25) is 0 Å². The summed E-state index contributed by atoms with van der Waals surface area (Å²) in [5, 5.41) is 0.625. The second kappa shape index (κ2) is 5.08. The van der Waals surface area contributed by atoms with E-state index in [1.54, 1.807) is 31.4 Å². The largest absolute Gasteiger partial charge is 0.497 e. The molecular formula is C16H18O3. The van der Waals surface area contributed by atoms with Crippen LogP contribution in [0.15, 0.2) is 33.5 Å². The Bertz CT molecular complexity index is 636. The van der Waals surface area contributed by atoms with Crippen LogP contribution in [0.25, 0.3) is 11.0 Å². The molecule has 0 N–H and O–H groups in total. The Labute approximate surface area is 112 Å². The first-order chi connectivity index (χ1) is 9.28. The van der Waals surface area contributed by atoms with Crippen LogP contribution in [-0.2, 0) is 0 Å². The van der Waals surface area contributed by atoms with Gasteiger partial charge in [-0.2, -0.15) is 0 Å². The molecule has 1 saturated carbocycles. The van der Waals surface area contributed by atoms with Crippen molar-refractivity contribution in [2.75, 3.05) is 7.11 Å². The average Bonchev–Trinajstić information content (AvgIpc) is 2.47.